The Kier molecular flexibility index (Phi) is 10.9. The Morgan fingerprint density at radius 3 is 2.35 bits per heavy atom. The standard InChI is InChI=1S/C30H47N3O4/c1-10-37-29(36)21(4)18-24(20(2)3)33(9)28(35)26(30(5,6)7)31-27(34)25-19-23(16-17-32(25)8)22-14-12-11-13-15-22/h11-15,18,20,23-26H,10,16-17,19H2,1-9H3,(H,31,34)/b21-18+/t23-,24-,25?,26-/m1/s1. The van der Waals surface area contributed by atoms with Crippen LogP contribution in [0.5, 0.6) is 0 Å². The van der Waals surface area contributed by atoms with Crippen molar-refractivity contribution >= 4 is 17.8 Å². The lowest BCUT2D eigenvalue weighted by atomic mass is 9.83. The van der Waals surface area contributed by atoms with Gasteiger partial charge in [0.1, 0.15) is 6.04 Å². The summed E-state index contributed by atoms with van der Waals surface area (Å²) in [6.07, 6.45) is 3.50. The highest BCUT2D eigenvalue weighted by Crippen LogP contribution is 2.31. The second-order valence-electron chi connectivity index (χ2n) is 11.7. The lowest BCUT2D eigenvalue weighted by Gasteiger charge is -2.40. The van der Waals surface area contributed by atoms with E-state index < -0.39 is 11.5 Å². The van der Waals surface area contributed by atoms with Gasteiger partial charge < -0.3 is 15.0 Å². The summed E-state index contributed by atoms with van der Waals surface area (Å²) in [5.41, 5.74) is 1.21. The summed E-state index contributed by atoms with van der Waals surface area (Å²) in [6, 6.07) is 8.98. The first-order chi connectivity index (χ1) is 17.3. The van der Waals surface area contributed by atoms with Crippen LogP contribution >= 0.6 is 0 Å². The second kappa shape index (κ2) is 13.2. The largest absolute Gasteiger partial charge is 0.463 e. The van der Waals surface area contributed by atoms with Gasteiger partial charge in [-0.1, -0.05) is 71.0 Å². The molecule has 1 aliphatic heterocycles. The van der Waals surface area contributed by atoms with Crippen molar-refractivity contribution in [2.75, 3.05) is 27.2 Å². The smallest absolute Gasteiger partial charge is 0.333 e. The van der Waals surface area contributed by atoms with Crippen LogP contribution in [0.25, 0.3) is 0 Å². The second-order valence-corrected chi connectivity index (χ2v) is 11.7. The van der Waals surface area contributed by atoms with Gasteiger partial charge in [0.05, 0.1) is 18.7 Å². The molecule has 37 heavy (non-hydrogen) atoms. The van der Waals surface area contributed by atoms with Crippen molar-refractivity contribution in [2.24, 2.45) is 11.3 Å². The van der Waals surface area contributed by atoms with E-state index in [-0.39, 0.29) is 35.8 Å². The number of nitrogens with one attached hydrogen (secondary N) is 1. The zero-order chi connectivity index (χ0) is 27.9. The summed E-state index contributed by atoms with van der Waals surface area (Å²) in [5.74, 6) is -0.315. The number of piperidine rings is 1. The molecule has 206 valence electrons. The molecule has 1 aliphatic rings. The molecule has 0 aromatic heterocycles. The Bertz CT molecular complexity index is 951. The quantitative estimate of drug-likeness (QED) is 0.391. The molecule has 1 aromatic carbocycles. The molecule has 0 bridgehead atoms. The molecule has 7 nitrogen and oxygen atoms in total. The highest BCUT2D eigenvalue weighted by Gasteiger charge is 2.40. The van der Waals surface area contributed by atoms with Crippen LogP contribution in [0, 0.1) is 11.3 Å². The van der Waals surface area contributed by atoms with Gasteiger partial charge in [0, 0.05) is 12.6 Å². The third-order valence-corrected chi connectivity index (χ3v) is 7.34. The summed E-state index contributed by atoms with van der Waals surface area (Å²) in [6.45, 7) is 14.5. The minimum absolute atomic E-state index is 0.0609. The predicted molar refractivity (Wildman–Crippen MR) is 148 cm³/mol. The number of nitrogens with zero attached hydrogens (tertiary/aromatic N) is 2. The molecule has 1 unspecified atom stereocenters. The Morgan fingerprint density at radius 2 is 1.81 bits per heavy atom. The highest BCUT2D eigenvalue weighted by atomic mass is 16.5. The number of likely N-dealkylation sites (tertiary alicyclic amines) is 1. The Labute approximate surface area is 223 Å². The lowest BCUT2D eigenvalue weighted by molar-refractivity contribution is -0.142. The maximum absolute atomic E-state index is 13.9. The van der Waals surface area contributed by atoms with Gasteiger partial charge in [-0.2, -0.15) is 0 Å². The third kappa shape index (κ3) is 8.16. The molecule has 4 atom stereocenters. The maximum atomic E-state index is 13.9. The minimum atomic E-state index is -0.715. The van der Waals surface area contributed by atoms with E-state index in [0.29, 0.717) is 24.5 Å². The van der Waals surface area contributed by atoms with E-state index in [2.05, 4.69) is 22.3 Å². The van der Waals surface area contributed by atoms with Crippen molar-refractivity contribution in [3.05, 3.63) is 47.5 Å². The van der Waals surface area contributed by atoms with E-state index in [0.717, 1.165) is 13.0 Å². The van der Waals surface area contributed by atoms with Gasteiger partial charge in [-0.3, -0.25) is 14.5 Å². The Hall–Kier alpha value is -2.67. The van der Waals surface area contributed by atoms with Gasteiger partial charge in [-0.05, 0) is 63.1 Å². The van der Waals surface area contributed by atoms with Crippen LogP contribution in [-0.2, 0) is 19.1 Å². The summed E-state index contributed by atoms with van der Waals surface area (Å²) >= 11 is 0. The number of amides is 2. The van der Waals surface area contributed by atoms with Crippen LogP contribution < -0.4 is 5.32 Å². The number of benzene rings is 1. The minimum Gasteiger partial charge on any atom is -0.463 e. The van der Waals surface area contributed by atoms with Crippen LogP contribution in [-0.4, -0.2) is 73.0 Å². The van der Waals surface area contributed by atoms with Gasteiger partial charge >= 0.3 is 5.97 Å². The Morgan fingerprint density at radius 1 is 1.19 bits per heavy atom. The summed E-state index contributed by atoms with van der Waals surface area (Å²) < 4.78 is 5.12. The van der Waals surface area contributed by atoms with Gasteiger partial charge in [-0.15, -0.1) is 0 Å². The van der Waals surface area contributed by atoms with E-state index in [9.17, 15) is 14.4 Å². The van der Waals surface area contributed by atoms with Gasteiger partial charge in [0.25, 0.3) is 0 Å². The fraction of sp³-hybridized carbons (Fsp3) is 0.633. The number of carbonyl (C=O) groups excluding carboxylic acids is 3. The van der Waals surface area contributed by atoms with E-state index in [1.807, 2.05) is 59.9 Å². The highest BCUT2D eigenvalue weighted by molar-refractivity contribution is 5.91. The van der Waals surface area contributed by atoms with Crippen molar-refractivity contribution in [3.63, 3.8) is 0 Å². The van der Waals surface area contributed by atoms with Crippen LogP contribution in [0.1, 0.15) is 72.8 Å². The van der Waals surface area contributed by atoms with Crippen LogP contribution in [0.4, 0.5) is 0 Å². The van der Waals surface area contributed by atoms with Gasteiger partial charge in [0.15, 0.2) is 0 Å². The molecule has 7 heteroatoms. The fourth-order valence-electron chi connectivity index (χ4n) is 4.98. The number of carbonyl (C=O) groups is 3. The molecule has 1 fully saturated rings. The lowest BCUT2D eigenvalue weighted by Crippen LogP contribution is -2.60. The monoisotopic (exact) mass is 513 g/mol. The summed E-state index contributed by atoms with van der Waals surface area (Å²) in [5, 5.41) is 3.12. The number of ether oxygens (including phenoxy) is 1. The Balaban J connectivity index is 2.25. The first-order valence-electron chi connectivity index (χ1n) is 13.5. The molecule has 0 aliphatic carbocycles. The first kappa shape index (κ1) is 30.6. The van der Waals surface area contributed by atoms with Crippen molar-refractivity contribution in [1.82, 2.24) is 15.1 Å². The third-order valence-electron chi connectivity index (χ3n) is 7.34. The summed E-state index contributed by atoms with van der Waals surface area (Å²) in [4.78, 5) is 43.4. The first-order valence-corrected chi connectivity index (χ1v) is 13.5. The number of likely N-dealkylation sites (N-methyl/N-ethyl adjacent to an activating group) is 2. The maximum Gasteiger partial charge on any atom is 0.333 e. The molecule has 1 heterocycles. The molecule has 1 saturated heterocycles. The number of esters is 1. The molecular formula is C30H47N3O4. The predicted octanol–water partition coefficient (Wildman–Crippen LogP) is 4.39. The van der Waals surface area contributed by atoms with Crippen LogP contribution in [0.3, 0.4) is 0 Å². The number of rotatable bonds is 9. The zero-order valence-electron chi connectivity index (χ0n) is 24.2. The molecule has 2 amide bonds. The van der Waals surface area contributed by atoms with Gasteiger partial charge in [-0.25, -0.2) is 4.79 Å². The van der Waals surface area contributed by atoms with Crippen molar-refractivity contribution < 1.29 is 19.1 Å². The van der Waals surface area contributed by atoms with Crippen LogP contribution in [0.2, 0.25) is 0 Å². The molecule has 0 spiro atoms. The van der Waals surface area contributed by atoms with E-state index in [4.69, 9.17) is 4.74 Å². The number of hydrogen-bond donors (Lipinski definition) is 1. The number of hydrogen-bond acceptors (Lipinski definition) is 5. The molecule has 1 aromatic rings. The van der Waals surface area contributed by atoms with Crippen molar-refractivity contribution in [3.8, 4) is 0 Å². The van der Waals surface area contributed by atoms with E-state index in [1.165, 1.54) is 5.56 Å². The molecular weight excluding hydrogens is 466 g/mol. The SMILES string of the molecule is CCOC(=O)/C(C)=C/[C@H](C(C)C)N(C)C(=O)[C@@H](NC(=O)C1C[C@H](c2ccccc2)CCN1C)C(C)(C)C. The van der Waals surface area contributed by atoms with Gasteiger partial charge in [0.2, 0.25) is 11.8 Å². The fourth-order valence-corrected chi connectivity index (χ4v) is 4.98. The topological polar surface area (TPSA) is 79.0 Å². The van der Waals surface area contributed by atoms with Crippen molar-refractivity contribution in [2.45, 2.75) is 85.4 Å². The molecule has 0 radical (unpaired) electrons. The average molecular weight is 514 g/mol. The summed E-state index contributed by atoms with van der Waals surface area (Å²) in [7, 11) is 3.72. The zero-order valence-corrected chi connectivity index (χ0v) is 24.2. The van der Waals surface area contributed by atoms with Crippen LogP contribution in [0.15, 0.2) is 42.0 Å². The molecule has 0 saturated carbocycles. The van der Waals surface area contributed by atoms with Crippen molar-refractivity contribution in [1.29, 1.82) is 0 Å². The average Bonchev–Trinajstić information content (AvgIpc) is 2.84. The van der Waals surface area contributed by atoms with E-state index in [1.54, 1.807) is 31.9 Å². The normalized spacial score (nSPS) is 20.8. The molecule has 2 rings (SSSR count). The molecule has 1 N–H and O–H groups in total. The van der Waals surface area contributed by atoms with E-state index >= 15 is 0 Å².